The predicted molar refractivity (Wildman–Crippen MR) is 60.3 cm³/mol. The Labute approximate surface area is 93.4 Å². The third-order valence-electron chi connectivity index (χ3n) is 3.27. The molecule has 1 aliphatic carbocycles. The van der Waals surface area contributed by atoms with Crippen LogP contribution in [0.5, 0.6) is 5.75 Å². The van der Waals surface area contributed by atoms with E-state index in [4.69, 9.17) is 14.9 Å². The van der Waals surface area contributed by atoms with Gasteiger partial charge in [0.1, 0.15) is 11.3 Å². The van der Waals surface area contributed by atoms with Gasteiger partial charge >= 0.3 is 0 Å². The SMILES string of the molecule is COc1ccc2nc(C3(N)CCC3)oc2c1. The van der Waals surface area contributed by atoms with E-state index in [0.29, 0.717) is 5.89 Å². The molecule has 16 heavy (non-hydrogen) atoms. The highest BCUT2D eigenvalue weighted by Gasteiger charge is 2.39. The molecule has 1 aliphatic rings. The molecule has 2 aromatic rings. The number of hydrogen-bond acceptors (Lipinski definition) is 4. The Morgan fingerprint density at radius 3 is 2.88 bits per heavy atom. The first-order valence-electron chi connectivity index (χ1n) is 5.45. The Balaban J connectivity index is 2.08. The lowest BCUT2D eigenvalue weighted by molar-refractivity contribution is 0.203. The molecule has 0 bridgehead atoms. The topological polar surface area (TPSA) is 61.3 Å². The second-order valence-electron chi connectivity index (χ2n) is 4.36. The lowest BCUT2D eigenvalue weighted by atomic mass is 9.78. The van der Waals surface area contributed by atoms with Gasteiger partial charge in [-0.05, 0) is 31.4 Å². The number of hydrogen-bond donors (Lipinski definition) is 1. The normalized spacial score (nSPS) is 18.4. The van der Waals surface area contributed by atoms with E-state index < -0.39 is 0 Å². The van der Waals surface area contributed by atoms with Crippen LogP contribution in [0, 0.1) is 0 Å². The third kappa shape index (κ3) is 1.30. The van der Waals surface area contributed by atoms with Crippen molar-refractivity contribution in [2.24, 2.45) is 5.73 Å². The summed E-state index contributed by atoms with van der Waals surface area (Å²) >= 11 is 0. The lowest BCUT2D eigenvalue weighted by Gasteiger charge is -2.34. The molecule has 1 aromatic heterocycles. The Hall–Kier alpha value is -1.55. The van der Waals surface area contributed by atoms with Gasteiger partial charge in [0.05, 0.1) is 12.6 Å². The minimum Gasteiger partial charge on any atom is -0.497 e. The zero-order valence-electron chi connectivity index (χ0n) is 9.19. The monoisotopic (exact) mass is 218 g/mol. The van der Waals surface area contributed by atoms with Crippen LogP contribution in [-0.2, 0) is 5.54 Å². The highest BCUT2D eigenvalue weighted by molar-refractivity contribution is 5.74. The summed E-state index contributed by atoms with van der Waals surface area (Å²) in [6, 6.07) is 5.61. The van der Waals surface area contributed by atoms with Gasteiger partial charge in [-0.3, -0.25) is 0 Å². The number of methoxy groups -OCH3 is 1. The number of nitrogens with zero attached hydrogens (tertiary/aromatic N) is 1. The van der Waals surface area contributed by atoms with Crippen molar-refractivity contribution in [1.29, 1.82) is 0 Å². The van der Waals surface area contributed by atoms with Gasteiger partial charge in [0, 0.05) is 6.07 Å². The highest BCUT2D eigenvalue weighted by Crippen LogP contribution is 2.39. The smallest absolute Gasteiger partial charge is 0.215 e. The fourth-order valence-corrected chi connectivity index (χ4v) is 2.02. The molecule has 4 heteroatoms. The van der Waals surface area contributed by atoms with Crippen molar-refractivity contribution in [2.45, 2.75) is 24.8 Å². The third-order valence-corrected chi connectivity index (χ3v) is 3.27. The van der Waals surface area contributed by atoms with E-state index in [1.807, 2.05) is 18.2 Å². The summed E-state index contributed by atoms with van der Waals surface area (Å²) in [4.78, 5) is 4.43. The molecule has 1 saturated carbocycles. The fourth-order valence-electron chi connectivity index (χ4n) is 2.02. The van der Waals surface area contributed by atoms with Crippen LogP contribution < -0.4 is 10.5 Å². The lowest BCUT2D eigenvalue weighted by Crippen LogP contribution is -2.43. The summed E-state index contributed by atoms with van der Waals surface area (Å²) in [5.41, 5.74) is 7.41. The first-order chi connectivity index (χ1) is 7.71. The molecule has 0 amide bonds. The van der Waals surface area contributed by atoms with E-state index in [1.165, 1.54) is 0 Å². The van der Waals surface area contributed by atoms with Crippen LogP contribution in [0.25, 0.3) is 11.1 Å². The number of rotatable bonds is 2. The number of oxazole rings is 1. The molecule has 2 N–H and O–H groups in total. The van der Waals surface area contributed by atoms with Crippen molar-refractivity contribution >= 4 is 11.1 Å². The van der Waals surface area contributed by atoms with Crippen molar-refractivity contribution in [3.63, 3.8) is 0 Å². The summed E-state index contributed by atoms with van der Waals surface area (Å²) in [6.07, 6.45) is 3.06. The van der Waals surface area contributed by atoms with Gasteiger partial charge in [-0.1, -0.05) is 0 Å². The van der Waals surface area contributed by atoms with Crippen molar-refractivity contribution < 1.29 is 9.15 Å². The second-order valence-corrected chi connectivity index (χ2v) is 4.36. The van der Waals surface area contributed by atoms with Crippen LogP contribution in [0.15, 0.2) is 22.6 Å². The van der Waals surface area contributed by atoms with E-state index in [0.717, 1.165) is 36.1 Å². The highest BCUT2D eigenvalue weighted by atomic mass is 16.5. The molecular formula is C12H14N2O2. The predicted octanol–water partition coefficient (Wildman–Crippen LogP) is 2.17. The van der Waals surface area contributed by atoms with Crippen molar-refractivity contribution in [2.75, 3.05) is 7.11 Å². The number of aromatic nitrogens is 1. The standard InChI is InChI=1S/C12H14N2O2/c1-15-8-3-4-9-10(7-8)16-11(14-9)12(13)5-2-6-12/h3-4,7H,2,5-6,13H2,1H3. The molecule has 84 valence electrons. The Morgan fingerprint density at radius 1 is 1.44 bits per heavy atom. The number of fused-ring (bicyclic) bond motifs is 1. The minimum atomic E-state index is -0.341. The van der Waals surface area contributed by atoms with Gasteiger partial charge in [-0.15, -0.1) is 0 Å². The average Bonchev–Trinajstić information content (AvgIpc) is 2.68. The molecule has 0 unspecified atom stereocenters. The molecule has 0 saturated heterocycles. The summed E-state index contributed by atoms with van der Waals surface area (Å²) < 4.78 is 10.8. The number of benzene rings is 1. The summed E-state index contributed by atoms with van der Waals surface area (Å²) in [6.45, 7) is 0. The van der Waals surface area contributed by atoms with Crippen molar-refractivity contribution in [3.05, 3.63) is 24.1 Å². The van der Waals surface area contributed by atoms with Gasteiger partial charge in [-0.25, -0.2) is 4.98 Å². The molecule has 1 aromatic carbocycles. The second kappa shape index (κ2) is 3.22. The van der Waals surface area contributed by atoms with Crippen LogP contribution in [-0.4, -0.2) is 12.1 Å². The molecular weight excluding hydrogens is 204 g/mol. The molecule has 0 radical (unpaired) electrons. The average molecular weight is 218 g/mol. The van der Waals surface area contributed by atoms with Gasteiger partial charge in [0.25, 0.3) is 0 Å². The first-order valence-corrected chi connectivity index (χ1v) is 5.45. The van der Waals surface area contributed by atoms with E-state index in [1.54, 1.807) is 7.11 Å². The molecule has 0 spiro atoms. The maximum atomic E-state index is 6.17. The van der Waals surface area contributed by atoms with Gasteiger partial charge in [-0.2, -0.15) is 0 Å². The minimum absolute atomic E-state index is 0.341. The Kier molecular flexibility index (Phi) is 1.94. The fraction of sp³-hybridized carbons (Fsp3) is 0.417. The van der Waals surface area contributed by atoms with Crippen LogP contribution >= 0.6 is 0 Å². The van der Waals surface area contributed by atoms with E-state index in [2.05, 4.69) is 4.98 Å². The Morgan fingerprint density at radius 2 is 2.25 bits per heavy atom. The molecule has 0 aliphatic heterocycles. The molecule has 3 rings (SSSR count). The van der Waals surface area contributed by atoms with Gasteiger partial charge < -0.3 is 14.9 Å². The maximum Gasteiger partial charge on any atom is 0.215 e. The van der Waals surface area contributed by atoms with Crippen LogP contribution in [0.2, 0.25) is 0 Å². The van der Waals surface area contributed by atoms with Gasteiger partial charge in [0.2, 0.25) is 5.89 Å². The summed E-state index contributed by atoms with van der Waals surface area (Å²) in [5.74, 6) is 1.43. The summed E-state index contributed by atoms with van der Waals surface area (Å²) in [5, 5.41) is 0. The van der Waals surface area contributed by atoms with Crippen molar-refractivity contribution in [3.8, 4) is 5.75 Å². The first kappa shape index (κ1) is 9.66. The molecule has 1 fully saturated rings. The molecule has 0 atom stereocenters. The number of nitrogens with two attached hydrogens (primary N) is 1. The quantitative estimate of drug-likeness (QED) is 0.839. The largest absolute Gasteiger partial charge is 0.497 e. The van der Waals surface area contributed by atoms with Gasteiger partial charge in [0.15, 0.2) is 5.58 Å². The van der Waals surface area contributed by atoms with E-state index in [9.17, 15) is 0 Å². The molecule has 1 heterocycles. The van der Waals surface area contributed by atoms with Crippen LogP contribution in [0.1, 0.15) is 25.2 Å². The van der Waals surface area contributed by atoms with E-state index >= 15 is 0 Å². The van der Waals surface area contributed by atoms with Crippen molar-refractivity contribution in [1.82, 2.24) is 4.98 Å². The number of ether oxygens (including phenoxy) is 1. The van der Waals surface area contributed by atoms with Crippen LogP contribution in [0.4, 0.5) is 0 Å². The molecule has 4 nitrogen and oxygen atoms in total. The maximum absolute atomic E-state index is 6.17. The zero-order valence-corrected chi connectivity index (χ0v) is 9.19. The zero-order chi connectivity index (χ0) is 11.2. The summed E-state index contributed by atoms with van der Waals surface area (Å²) in [7, 11) is 1.63. The Bertz CT molecular complexity index is 529. The van der Waals surface area contributed by atoms with E-state index in [-0.39, 0.29) is 5.54 Å². The van der Waals surface area contributed by atoms with Crippen LogP contribution in [0.3, 0.4) is 0 Å².